The molecule has 0 radical (unpaired) electrons. The highest BCUT2D eigenvalue weighted by Crippen LogP contribution is 2.31. The molecule has 2 aliphatic rings. The summed E-state index contributed by atoms with van der Waals surface area (Å²) in [5.74, 6) is 0.368. The summed E-state index contributed by atoms with van der Waals surface area (Å²) in [5.41, 5.74) is 2.71. The van der Waals surface area contributed by atoms with Crippen molar-refractivity contribution >= 4 is 23.2 Å². The number of imide groups is 1. The zero-order valence-corrected chi connectivity index (χ0v) is 16.3. The summed E-state index contributed by atoms with van der Waals surface area (Å²) in [6.45, 7) is 5.13. The summed E-state index contributed by atoms with van der Waals surface area (Å²) in [4.78, 5) is 31.6. The molecule has 0 spiro atoms. The van der Waals surface area contributed by atoms with E-state index in [1.807, 2.05) is 37.3 Å². The van der Waals surface area contributed by atoms with E-state index >= 15 is 0 Å². The number of para-hydroxylation sites is 1. The quantitative estimate of drug-likeness (QED) is 0.764. The van der Waals surface area contributed by atoms with Crippen molar-refractivity contribution in [1.82, 2.24) is 4.90 Å². The van der Waals surface area contributed by atoms with Crippen molar-refractivity contribution in [3.8, 4) is 5.75 Å². The van der Waals surface area contributed by atoms with Crippen LogP contribution in [0.5, 0.6) is 5.75 Å². The van der Waals surface area contributed by atoms with Crippen LogP contribution in [0.25, 0.3) is 0 Å². The number of hydrogen-bond donors (Lipinski definition) is 0. The van der Waals surface area contributed by atoms with Crippen molar-refractivity contribution in [2.24, 2.45) is 0 Å². The Morgan fingerprint density at radius 2 is 1.68 bits per heavy atom. The van der Waals surface area contributed by atoms with Crippen molar-refractivity contribution in [1.29, 1.82) is 0 Å². The van der Waals surface area contributed by atoms with Gasteiger partial charge in [0, 0.05) is 37.9 Å². The fraction of sp³-hybridized carbons (Fsp3) is 0.364. The first-order valence-electron chi connectivity index (χ1n) is 9.64. The lowest BCUT2D eigenvalue weighted by molar-refractivity contribution is -0.123. The maximum atomic E-state index is 13.1. The third kappa shape index (κ3) is 3.36. The van der Waals surface area contributed by atoms with Gasteiger partial charge in [0.2, 0.25) is 5.91 Å². The SMILES string of the molecule is COc1ccc(C)c(N2C(=O)C[C@@H](N3CCN(c4ccccc4)CC3)C2=O)c1. The van der Waals surface area contributed by atoms with Gasteiger partial charge in [-0.25, -0.2) is 4.90 Å². The summed E-state index contributed by atoms with van der Waals surface area (Å²) in [7, 11) is 1.58. The number of nitrogens with zero attached hydrogens (tertiary/aromatic N) is 3. The summed E-state index contributed by atoms with van der Waals surface area (Å²) in [5, 5.41) is 0. The number of rotatable bonds is 4. The highest BCUT2D eigenvalue weighted by Gasteiger charge is 2.43. The number of carbonyl (C=O) groups is 2. The number of methoxy groups -OCH3 is 1. The van der Waals surface area contributed by atoms with Crippen LogP contribution >= 0.6 is 0 Å². The Morgan fingerprint density at radius 1 is 0.964 bits per heavy atom. The molecule has 0 aromatic heterocycles. The van der Waals surface area contributed by atoms with Gasteiger partial charge in [0.1, 0.15) is 5.75 Å². The van der Waals surface area contributed by atoms with Crippen LogP contribution in [0.1, 0.15) is 12.0 Å². The number of carbonyl (C=O) groups excluding carboxylic acids is 2. The predicted molar refractivity (Wildman–Crippen MR) is 109 cm³/mol. The van der Waals surface area contributed by atoms with Crippen LogP contribution in [0, 0.1) is 6.92 Å². The molecule has 2 fully saturated rings. The highest BCUT2D eigenvalue weighted by atomic mass is 16.5. The van der Waals surface area contributed by atoms with Crippen LogP contribution in [0.3, 0.4) is 0 Å². The predicted octanol–water partition coefficient (Wildman–Crippen LogP) is 2.46. The number of piperazine rings is 1. The van der Waals surface area contributed by atoms with Gasteiger partial charge in [-0.3, -0.25) is 14.5 Å². The molecule has 0 unspecified atom stereocenters. The zero-order chi connectivity index (χ0) is 19.7. The zero-order valence-electron chi connectivity index (χ0n) is 16.3. The lowest BCUT2D eigenvalue weighted by Crippen LogP contribution is -2.52. The second-order valence-corrected chi connectivity index (χ2v) is 7.30. The Morgan fingerprint density at radius 3 is 2.36 bits per heavy atom. The Hall–Kier alpha value is -2.86. The maximum absolute atomic E-state index is 13.1. The topological polar surface area (TPSA) is 53.1 Å². The summed E-state index contributed by atoms with van der Waals surface area (Å²) in [6, 6.07) is 15.4. The molecular weight excluding hydrogens is 354 g/mol. The molecule has 1 atom stereocenters. The minimum Gasteiger partial charge on any atom is -0.497 e. The molecule has 6 nitrogen and oxygen atoms in total. The van der Waals surface area contributed by atoms with E-state index in [-0.39, 0.29) is 24.3 Å². The summed E-state index contributed by atoms with van der Waals surface area (Å²) in [6.07, 6.45) is 0.237. The minimum atomic E-state index is -0.379. The number of amides is 2. The van der Waals surface area contributed by atoms with Crippen molar-refractivity contribution in [2.45, 2.75) is 19.4 Å². The third-order valence-electron chi connectivity index (χ3n) is 5.66. The molecule has 146 valence electrons. The molecule has 0 N–H and O–H groups in total. The molecule has 0 aliphatic carbocycles. The molecule has 0 saturated carbocycles. The molecule has 2 aromatic carbocycles. The second kappa shape index (κ2) is 7.64. The molecule has 2 heterocycles. The van der Waals surface area contributed by atoms with Crippen LogP contribution < -0.4 is 14.5 Å². The normalized spacial score (nSPS) is 20.7. The largest absolute Gasteiger partial charge is 0.497 e. The molecule has 0 bridgehead atoms. The van der Waals surface area contributed by atoms with Gasteiger partial charge in [-0.05, 0) is 30.7 Å². The molecule has 2 amide bonds. The molecule has 6 heteroatoms. The van der Waals surface area contributed by atoms with Crippen LogP contribution in [-0.4, -0.2) is 56.0 Å². The van der Waals surface area contributed by atoms with Crippen LogP contribution in [0.15, 0.2) is 48.5 Å². The molecule has 4 rings (SSSR count). The van der Waals surface area contributed by atoms with E-state index in [4.69, 9.17) is 4.74 Å². The first kappa shape index (κ1) is 18.5. The number of anilines is 2. The fourth-order valence-electron chi connectivity index (χ4n) is 4.04. The van der Waals surface area contributed by atoms with E-state index in [1.165, 1.54) is 10.6 Å². The van der Waals surface area contributed by atoms with Crippen LogP contribution in [0.4, 0.5) is 11.4 Å². The molecule has 2 aromatic rings. The van der Waals surface area contributed by atoms with Gasteiger partial charge < -0.3 is 9.64 Å². The monoisotopic (exact) mass is 379 g/mol. The maximum Gasteiger partial charge on any atom is 0.251 e. The molecule has 2 aliphatic heterocycles. The molecule has 28 heavy (non-hydrogen) atoms. The highest BCUT2D eigenvalue weighted by molar-refractivity contribution is 6.22. The molecular formula is C22H25N3O3. The van der Waals surface area contributed by atoms with Crippen molar-refractivity contribution in [3.05, 3.63) is 54.1 Å². The van der Waals surface area contributed by atoms with Gasteiger partial charge in [0.15, 0.2) is 0 Å². The van der Waals surface area contributed by atoms with Crippen LogP contribution in [0.2, 0.25) is 0 Å². The van der Waals surface area contributed by atoms with Crippen molar-refractivity contribution in [2.75, 3.05) is 43.1 Å². The average Bonchev–Trinajstić information content (AvgIpc) is 3.03. The number of hydrogen-bond acceptors (Lipinski definition) is 5. The van der Waals surface area contributed by atoms with Gasteiger partial charge in [-0.15, -0.1) is 0 Å². The Balaban J connectivity index is 1.48. The van der Waals surface area contributed by atoms with Crippen molar-refractivity contribution < 1.29 is 14.3 Å². The van der Waals surface area contributed by atoms with Gasteiger partial charge in [0.25, 0.3) is 5.91 Å². The Bertz CT molecular complexity index is 876. The number of aryl methyl sites for hydroxylation is 1. The van der Waals surface area contributed by atoms with E-state index < -0.39 is 0 Å². The third-order valence-corrected chi connectivity index (χ3v) is 5.66. The van der Waals surface area contributed by atoms with E-state index in [9.17, 15) is 9.59 Å². The first-order chi connectivity index (χ1) is 13.6. The molecule has 2 saturated heterocycles. The number of ether oxygens (including phenoxy) is 1. The first-order valence-corrected chi connectivity index (χ1v) is 9.64. The standard InChI is InChI=1S/C22H25N3O3/c1-16-8-9-18(28-2)14-19(16)25-21(26)15-20(22(25)27)24-12-10-23(11-13-24)17-6-4-3-5-7-17/h3-9,14,20H,10-13,15H2,1-2H3/t20-/m1/s1. The fourth-order valence-corrected chi connectivity index (χ4v) is 4.04. The lowest BCUT2D eigenvalue weighted by atomic mass is 10.1. The smallest absolute Gasteiger partial charge is 0.251 e. The van der Waals surface area contributed by atoms with E-state index in [1.54, 1.807) is 13.2 Å². The van der Waals surface area contributed by atoms with Gasteiger partial charge in [-0.2, -0.15) is 0 Å². The van der Waals surface area contributed by atoms with E-state index in [0.29, 0.717) is 11.4 Å². The van der Waals surface area contributed by atoms with Crippen LogP contribution in [-0.2, 0) is 9.59 Å². The minimum absolute atomic E-state index is 0.130. The number of benzene rings is 2. The van der Waals surface area contributed by atoms with Gasteiger partial charge >= 0.3 is 0 Å². The average molecular weight is 379 g/mol. The lowest BCUT2D eigenvalue weighted by Gasteiger charge is -2.38. The van der Waals surface area contributed by atoms with Crippen molar-refractivity contribution in [3.63, 3.8) is 0 Å². The van der Waals surface area contributed by atoms with E-state index in [2.05, 4.69) is 21.9 Å². The second-order valence-electron chi connectivity index (χ2n) is 7.30. The van der Waals surface area contributed by atoms with Gasteiger partial charge in [-0.1, -0.05) is 24.3 Å². The summed E-state index contributed by atoms with van der Waals surface area (Å²) >= 11 is 0. The Labute approximate surface area is 165 Å². The van der Waals surface area contributed by atoms with Gasteiger partial charge in [0.05, 0.1) is 25.3 Å². The summed E-state index contributed by atoms with van der Waals surface area (Å²) < 4.78 is 5.27. The van der Waals surface area contributed by atoms with E-state index in [0.717, 1.165) is 31.7 Å². The Kier molecular flexibility index (Phi) is 5.05.